The van der Waals surface area contributed by atoms with Crippen molar-refractivity contribution in [1.82, 2.24) is 19.6 Å². The maximum atomic E-state index is 11.7. The molecule has 0 aliphatic carbocycles. The van der Waals surface area contributed by atoms with Crippen LogP contribution in [0.5, 0.6) is 0 Å². The molecule has 0 N–H and O–H groups in total. The smallest absolute Gasteiger partial charge is 0.187 e. The molecule has 3 aromatic heterocycles. The number of carbonyl (C=O) groups excluding carboxylic acids is 1. The molecule has 0 saturated carbocycles. The molecule has 0 aliphatic rings. The van der Waals surface area contributed by atoms with Crippen molar-refractivity contribution < 1.29 is 4.79 Å². The van der Waals surface area contributed by atoms with E-state index in [1.54, 1.807) is 25.3 Å². The highest BCUT2D eigenvalue weighted by Gasteiger charge is 2.19. The topological polar surface area (TPSA) is 60.2 Å². The van der Waals surface area contributed by atoms with E-state index < -0.39 is 0 Å². The minimum atomic E-state index is -0.0140. The Bertz CT molecular complexity index is 1150. The quantitative estimate of drug-likeness (QED) is 0.504. The summed E-state index contributed by atoms with van der Waals surface area (Å²) in [6.45, 7) is 8.10. The lowest BCUT2D eigenvalue weighted by Crippen LogP contribution is -2.12. The monoisotopic (exact) mass is 344 g/mol. The predicted octanol–water partition coefficient (Wildman–Crippen LogP) is 4.44. The minimum Gasteiger partial charge on any atom is -0.294 e. The normalized spacial score (nSPS) is 12.0. The van der Waals surface area contributed by atoms with E-state index in [1.807, 2.05) is 10.5 Å². The molecule has 0 amide bonds. The van der Waals surface area contributed by atoms with Gasteiger partial charge in [-0.3, -0.25) is 9.20 Å². The largest absolute Gasteiger partial charge is 0.294 e. The predicted molar refractivity (Wildman–Crippen MR) is 102 cm³/mol. The lowest BCUT2D eigenvalue weighted by Gasteiger charge is -2.20. The van der Waals surface area contributed by atoms with Crippen LogP contribution in [-0.4, -0.2) is 25.4 Å². The Labute approximate surface area is 151 Å². The van der Waals surface area contributed by atoms with E-state index in [4.69, 9.17) is 4.98 Å². The highest BCUT2D eigenvalue weighted by Crippen LogP contribution is 2.30. The van der Waals surface area contributed by atoms with E-state index in [0.29, 0.717) is 17.0 Å². The molecule has 0 saturated heterocycles. The lowest BCUT2D eigenvalue weighted by molar-refractivity contribution is 0.101. The summed E-state index contributed by atoms with van der Waals surface area (Å²) in [5, 5.41) is 9.61. The molecular weight excluding hydrogens is 324 g/mol. The van der Waals surface area contributed by atoms with Gasteiger partial charge in [0.15, 0.2) is 17.3 Å². The fourth-order valence-electron chi connectivity index (χ4n) is 3.15. The van der Waals surface area contributed by atoms with E-state index in [1.165, 1.54) is 5.56 Å². The first-order valence-electron chi connectivity index (χ1n) is 8.61. The SMILES string of the molecule is CC(=O)c1ccc2nnc(-c3ccc4cccc(C(C)(C)C)c4n3)n2c1. The zero-order chi connectivity index (χ0) is 18.5. The van der Waals surface area contributed by atoms with Gasteiger partial charge in [-0.1, -0.05) is 45.0 Å². The number of aromatic nitrogens is 4. The molecule has 5 heteroatoms. The average Bonchev–Trinajstić information content (AvgIpc) is 3.03. The molecule has 0 unspecified atom stereocenters. The maximum Gasteiger partial charge on any atom is 0.187 e. The van der Waals surface area contributed by atoms with E-state index in [2.05, 4.69) is 55.2 Å². The molecule has 0 fully saturated rings. The number of para-hydroxylation sites is 1. The van der Waals surface area contributed by atoms with Crippen molar-refractivity contribution in [2.24, 2.45) is 0 Å². The molecule has 0 atom stereocenters. The second-order valence-corrected chi connectivity index (χ2v) is 7.55. The van der Waals surface area contributed by atoms with Crippen LogP contribution in [0.4, 0.5) is 0 Å². The van der Waals surface area contributed by atoms with Crippen molar-refractivity contribution in [2.45, 2.75) is 33.1 Å². The van der Waals surface area contributed by atoms with Gasteiger partial charge in [-0.05, 0) is 36.1 Å². The van der Waals surface area contributed by atoms with Crippen LogP contribution >= 0.6 is 0 Å². The average molecular weight is 344 g/mol. The summed E-state index contributed by atoms with van der Waals surface area (Å²) in [5.74, 6) is 0.641. The third kappa shape index (κ3) is 2.65. The molecule has 0 bridgehead atoms. The summed E-state index contributed by atoms with van der Waals surface area (Å²) in [5.41, 5.74) is 4.19. The second kappa shape index (κ2) is 5.73. The van der Waals surface area contributed by atoms with Crippen LogP contribution in [-0.2, 0) is 5.41 Å². The molecule has 1 aromatic carbocycles. The number of benzene rings is 1. The number of pyridine rings is 2. The van der Waals surface area contributed by atoms with Gasteiger partial charge in [-0.15, -0.1) is 10.2 Å². The number of Topliss-reactive ketones (excluding diaryl/α,β-unsaturated/α-hetero) is 1. The van der Waals surface area contributed by atoms with Crippen molar-refractivity contribution in [3.8, 4) is 11.5 Å². The number of hydrogen-bond acceptors (Lipinski definition) is 4. The number of hydrogen-bond donors (Lipinski definition) is 0. The summed E-state index contributed by atoms with van der Waals surface area (Å²) in [6, 6.07) is 13.8. The van der Waals surface area contributed by atoms with Gasteiger partial charge in [0.05, 0.1) is 5.52 Å². The van der Waals surface area contributed by atoms with E-state index >= 15 is 0 Å². The summed E-state index contributed by atoms with van der Waals surface area (Å²) >= 11 is 0. The number of carbonyl (C=O) groups is 1. The molecule has 130 valence electrons. The van der Waals surface area contributed by atoms with Crippen molar-refractivity contribution >= 4 is 22.3 Å². The number of ketones is 1. The molecule has 3 heterocycles. The molecule has 0 spiro atoms. The molecule has 0 aliphatic heterocycles. The van der Waals surface area contributed by atoms with Crippen LogP contribution in [0.2, 0.25) is 0 Å². The van der Waals surface area contributed by atoms with Crippen molar-refractivity contribution in [1.29, 1.82) is 0 Å². The number of nitrogens with zero attached hydrogens (tertiary/aromatic N) is 4. The van der Waals surface area contributed by atoms with Crippen molar-refractivity contribution in [2.75, 3.05) is 0 Å². The third-order valence-electron chi connectivity index (χ3n) is 4.57. The van der Waals surface area contributed by atoms with Crippen LogP contribution in [0.25, 0.3) is 28.1 Å². The summed E-state index contributed by atoms with van der Waals surface area (Å²) in [7, 11) is 0. The zero-order valence-electron chi connectivity index (χ0n) is 15.3. The van der Waals surface area contributed by atoms with Gasteiger partial charge in [0.2, 0.25) is 0 Å². The van der Waals surface area contributed by atoms with Gasteiger partial charge in [0.1, 0.15) is 5.69 Å². The maximum absolute atomic E-state index is 11.7. The summed E-state index contributed by atoms with van der Waals surface area (Å²) < 4.78 is 1.82. The number of rotatable bonds is 2. The Morgan fingerprint density at radius 1 is 1.00 bits per heavy atom. The fourth-order valence-corrected chi connectivity index (χ4v) is 3.15. The van der Waals surface area contributed by atoms with Gasteiger partial charge < -0.3 is 0 Å². The summed E-state index contributed by atoms with van der Waals surface area (Å²) in [6.07, 6.45) is 1.77. The second-order valence-electron chi connectivity index (χ2n) is 7.55. The van der Waals surface area contributed by atoms with Crippen molar-refractivity contribution in [3.63, 3.8) is 0 Å². The Hall–Kier alpha value is -3.08. The van der Waals surface area contributed by atoms with Gasteiger partial charge in [-0.25, -0.2) is 4.98 Å². The Kier molecular flexibility index (Phi) is 3.61. The van der Waals surface area contributed by atoms with Crippen molar-refractivity contribution in [3.05, 3.63) is 59.8 Å². The summed E-state index contributed by atoms with van der Waals surface area (Å²) in [4.78, 5) is 16.6. The first-order chi connectivity index (χ1) is 12.3. The van der Waals surface area contributed by atoms with E-state index in [0.717, 1.165) is 16.6 Å². The first kappa shape index (κ1) is 16.4. The van der Waals surface area contributed by atoms with Crippen LogP contribution in [0.15, 0.2) is 48.7 Å². The van der Waals surface area contributed by atoms with Gasteiger partial charge in [-0.2, -0.15) is 0 Å². The molecular formula is C21H20N4O. The minimum absolute atomic E-state index is 0.00744. The highest BCUT2D eigenvalue weighted by atomic mass is 16.1. The standard InChI is InChI=1S/C21H20N4O/c1-13(26)15-9-11-18-23-24-20(25(18)12-15)17-10-8-14-6-5-7-16(19(14)22-17)21(2,3)4/h5-12H,1-4H3. The first-order valence-corrected chi connectivity index (χ1v) is 8.61. The molecule has 4 rings (SSSR count). The zero-order valence-corrected chi connectivity index (χ0v) is 15.3. The van der Waals surface area contributed by atoms with Crippen LogP contribution < -0.4 is 0 Å². The Morgan fingerprint density at radius 3 is 2.54 bits per heavy atom. The molecule has 26 heavy (non-hydrogen) atoms. The lowest BCUT2D eigenvalue weighted by atomic mass is 9.85. The molecule has 4 aromatic rings. The van der Waals surface area contributed by atoms with Gasteiger partial charge in [0, 0.05) is 17.1 Å². The van der Waals surface area contributed by atoms with E-state index in [-0.39, 0.29) is 11.2 Å². The Morgan fingerprint density at radius 2 is 1.81 bits per heavy atom. The third-order valence-corrected chi connectivity index (χ3v) is 4.57. The van der Waals surface area contributed by atoms with Crippen LogP contribution in [0.3, 0.4) is 0 Å². The fraction of sp³-hybridized carbons (Fsp3) is 0.238. The number of fused-ring (bicyclic) bond motifs is 2. The Balaban J connectivity index is 1.96. The van der Waals surface area contributed by atoms with Crippen LogP contribution in [0, 0.1) is 0 Å². The van der Waals surface area contributed by atoms with Crippen LogP contribution in [0.1, 0.15) is 43.6 Å². The van der Waals surface area contributed by atoms with E-state index in [9.17, 15) is 4.79 Å². The van der Waals surface area contributed by atoms with Gasteiger partial charge >= 0.3 is 0 Å². The molecule has 0 radical (unpaired) electrons. The highest BCUT2D eigenvalue weighted by molar-refractivity contribution is 5.94. The molecule has 5 nitrogen and oxygen atoms in total. The van der Waals surface area contributed by atoms with Gasteiger partial charge in [0.25, 0.3) is 0 Å².